The molecule has 1 aliphatic heterocycles. The Labute approximate surface area is 166 Å². The Morgan fingerprint density at radius 3 is 2.25 bits per heavy atom. The van der Waals surface area contributed by atoms with E-state index in [0.29, 0.717) is 18.7 Å². The summed E-state index contributed by atoms with van der Waals surface area (Å²) in [5, 5.41) is 0. The van der Waals surface area contributed by atoms with Crippen molar-refractivity contribution in [3.63, 3.8) is 0 Å². The molecule has 0 saturated carbocycles. The van der Waals surface area contributed by atoms with E-state index in [4.69, 9.17) is 4.74 Å². The number of nitrogens with zero attached hydrogens (tertiary/aromatic N) is 2. The van der Waals surface area contributed by atoms with E-state index in [1.165, 1.54) is 0 Å². The van der Waals surface area contributed by atoms with Crippen LogP contribution in [0.15, 0.2) is 48.5 Å². The maximum absolute atomic E-state index is 13.2. The second-order valence-corrected chi connectivity index (χ2v) is 7.17. The normalized spacial score (nSPS) is 15.4. The number of benzene rings is 2. The average Bonchev–Trinajstić information content (AvgIpc) is 2.76. The predicted molar refractivity (Wildman–Crippen MR) is 111 cm³/mol. The van der Waals surface area contributed by atoms with Crippen molar-refractivity contribution in [2.24, 2.45) is 0 Å². The summed E-state index contributed by atoms with van der Waals surface area (Å²) in [6.45, 7) is 3.53. The molecule has 28 heavy (non-hydrogen) atoms. The number of methoxy groups -OCH3 is 1. The molecular weight excluding hydrogens is 352 g/mol. The lowest BCUT2D eigenvalue weighted by Gasteiger charge is -2.27. The molecule has 2 aromatic rings. The molecule has 0 saturated heterocycles. The molecule has 0 unspecified atom stereocenters. The van der Waals surface area contributed by atoms with Gasteiger partial charge in [-0.05, 0) is 48.7 Å². The first-order valence-corrected chi connectivity index (χ1v) is 9.89. The van der Waals surface area contributed by atoms with Crippen LogP contribution in [0.1, 0.15) is 48.5 Å². The lowest BCUT2D eigenvalue weighted by molar-refractivity contribution is -0.116. The highest BCUT2D eigenvalue weighted by Gasteiger charge is 2.21. The van der Waals surface area contributed by atoms with Crippen LogP contribution in [-0.2, 0) is 11.3 Å². The van der Waals surface area contributed by atoms with Gasteiger partial charge in [0.2, 0.25) is 5.91 Å². The lowest BCUT2D eigenvalue weighted by Crippen LogP contribution is -2.33. The smallest absolute Gasteiger partial charge is 0.254 e. The maximum Gasteiger partial charge on any atom is 0.254 e. The predicted octanol–water partition coefficient (Wildman–Crippen LogP) is 4.26. The first-order chi connectivity index (χ1) is 13.6. The largest absolute Gasteiger partial charge is 0.497 e. The van der Waals surface area contributed by atoms with Gasteiger partial charge in [-0.2, -0.15) is 0 Å². The highest BCUT2D eigenvalue weighted by Crippen LogP contribution is 2.25. The van der Waals surface area contributed by atoms with E-state index in [-0.39, 0.29) is 11.8 Å². The Morgan fingerprint density at radius 2 is 1.57 bits per heavy atom. The Kier molecular flexibility index (Phi) is 6.69. The first kappa shape index (κ1) is 19.9. The van der Waals surface area contributed by atoms with Crippen LogP contribution >= 0.6 is 0 Å². The third kappa shape index (κ3) is 4.71. The fourth-order valence-corrected chi connectivity index (χ4v) is 3.66. The molecule has 0 spiro atoms. The molecule has 3 rings (SSSR count). The van der Waals surface area contributed by atoms with E-state index in [1.807, 2.05) is 46.2 Å². The van der Waals surface area contributed by atoms with E-state index >= 15 is 0 Å². The SMILES string of the molecule is COc1ccc(C(=O)N2CCCCCCN(C(C)=O)c3ccccc3C2)cc1. The van der Waals surface area contributed by atoms with Gasteiger partial charge in [-0.1, -0.05) is 31.0 Å². The summed E-state index contributed by atoms with van der Waals surface area (Å²) in [6.07, 6.45) is 4.04. The van der Waals surface area contributed by atoms with E-state index in [0.717, 1.165) is 49.2 Å². The first-order valence-electron chi connectivity index (χ1n) is 9.89. The zero-order valence-corrected chi connectivity index (χ0v) is 16.7. The lowest BCUT2D eigenvalue weighted by atomic mass is 10.1. The van der Waals surface area contributed by atoms with Gasteiger partial charge >= 0.3 is 0 Å². The van der Waals surface area contributed by atoms with E-state index in [2.05, 4.69) is 0 Å². The average molecular weight is 380 g/mol. The molecule has 0 atom stereocenters. The van der Waals surface area contributed by atoms with E-state index in [1.54, 1.807) is 26.2 Å². The number of carbonyl (C=O) groups excluding carboxylic acids is 2. The Hall–Kier alpha value is -2.82. The van der Waals surface area contributed by atoms with Gasteiger partial charge in [0.05, 0.1) is 7.11 Å². The zero-order valence-electron chi connectivity index (χ0n) is 16.7. The number of anilines is 1. The van der Waals surface area contributed by atoms with Crippen molar-refractivity contribution < 1.29 is 14.3 Å². The number of fused-ring (bicyclic) bond motifs is 1. The number of hydrogen-bond acceptors (Lipinski definition) is 3. The molecule has 1 aliphatic rings. The highest BCUT2D eigenvalue weighted by atomic mass is 16.5. The van der Waals surface area contributed by atoms with Crippen LogP contribution in [0.4, 0.5) is 5.69 Å². The molecule has 0 aromatic heterocycles. The highest BCUT2D eigenvalue weighted by molar-refractivity contribution is 5.95. The van der Waals surface area contributed by atoms with Gasteiger partial charge in [-0.25, -0.2) is 0 Å². The quantitative estimate of drug-likeness (QED) is 0.782. The van der Waals surface area contributed by atoms with E-state index in [9.17, 15) is 9.59 Å². The second-order valence-electron chi connectivity index (χ2n) is 7.17. The fourth-order valence-electron chi connectivity index (χ4n) is 3.66. The summed E-state index contributed by atoms with van der Waals surface area (Å²) in [5.74, 6) is 0.780. The van der Waals surface area contributed by atoms with Crippen molar-refractivity contribution in [1.82, 2.24) is 4.90 Å². The van der Waals surface area contributed by atoms with Gasteiger partial charge in [0.15, 0.2) is 0 Å². The third-order valence-electron chi connectivity index (χ3n) is 5.21. The minimum atomic E-state index is 0.00563. The number of hydrogen-bond donors (Lipinski definition) is 0. The molecule has 0 radical (unpaired) electrons. The van der Waals surface area contributed by atoms with Gasteiger partial charge in [-0.3, -0.25) is 9.59 Å². The van der Waals surface area contributed by atoms with Crippen molar-refractivity contribution >= 4 is 17.5 Å². The van der Waals surface area contributed by atoms with Crippen molar-refractivity contribution in [2.75, 3.05) is 25.1 Å². The van der Waals surface area contributed by atoms with Crippen molar-refractivity contribution in [1.29, 1.82) is 0 Å². The van der Waals surface area contributed by atoms with Crippen LogP contribution in [0.5, 0.6) is 5.75 Å². The second kappa shape index (κ2) is 9.40. The summed E-state index contributed by atoms with van der Waals surface area (Å²) in [4.78, 5) is 29.2. The topological polar surface area (TPSA) is 49.9 Å². The van der Waals surface area contributed by atoms with Gasteiger partial charge < -0.3 is 14.5 Å². The summed E-state index contributed by atoms with van der Waals surface area (Å²) in [5.41, 5.74) is 2.56. The summed E-state index contributed by atoms with van der Waals surface area (Å²) < 4.78 is 5.19. The standard InChI is InChI=1S/C23H28N2O3/c1-18(26)25-16-8-4-3-7-15-24(17-20-9-5-6-10-22(20)25)23(27)19-11-13-21(28-2)14-12-19/h5-6,9-14H,3-4,7-8,15-17H2,1-2H3. The Balaban J connectivity index is 1.91. The number of carbonyl (C=O) groups is 2. The summed E-state index contributed by atoms with van der Waals surface area (Å²) in [6, 6.07) is 15.1. The van der Waals surface area contributed by atoms with Crippen molar-refractivity contribution in [3.8, 4) is 5.75 Å². The van der Waals surface area contributed by atoms with Gasteiger partial charge in [-0.15, -0.1) is 0 Å². The molecule has 148 valence electrons. The van der Waals surface area contributed by atoms with Crippen LogP contribution in [0.3, 0.4) is 0 Å². The molecule has 2 aromatic carbocycles. The molecule has 0 aliphatic carbocycles. The zero-order chi connectivity index (χ0) is 19.9. The Morgan fingerprint density at radius 1 is 0.893 bits per heavy atom. The maximum atomic E-state index is 13.2. The van der Waals surface area contributed by atoms with Gasteiger partial charge in [0.25, 0.3) is 5.91 Å². The van der Waals surface area contributed by atoms with E-state index < -0.39 is 0 Å². The van der Waals surface area contributed by atoms with Gasteiger partial charge in [0.1, 0.15) is 5.75 Å². The van der Waals surface area contributed by atoms with Crippen molar-refractivity contribution in [2.45, 2.75) is 39.2 Å². The molecule has 0 bridgehead atoms. The Bertz CT molecular complexity index is 817. The van der Waals surface area contributed by atoms with Crippen LogP contribution in [0.25, 0.3) is 0 Å². The number of amides is 2. The number of ether oxygens (including phenoxy) is 1. The molecule has 5 heteroatoms. The van der Waals surface area contributed by atoms with Crippen LogP contribution in [-0.4, -0.2) is 36.9 Å². The molecule has 0 fully saturated rings. The minimum absolute atomic E-state index is 0.00563. The third-order valence-corrected chi connectivity index (χ3v) is 5.21. The molecule has 5 nitrogen and oxygen atoms in total. The summed E-state index contributed by atoms with van der Waals surface area (Å²) in [7, 11) is 1.61. The van der Waals surface area contributed by atoms with Crippen LogP contribution < -0.4 is 9.64 Å². The minimum Gasteiger partial charge on any atom is -0.497 e. The van der Waals surface area contributed by atoms with Crippen LogP contribution in [0, 0.1) is 0 Å². The fraction of sp³-hybridized carbons (Fsp3) is 0.391. The molecule has 1 heterocycles. The van der Waals surface area contributed by atoms with Gasteiger partial charge in [0, 0.05) is 37.8 Å². The van der Waals surface area contributed by atoms with Crippen LogP contribution in [0.2, 0.25) is 0 Å². The molecular formula is C23H28N2O3. The number of rotatable bonds is 2. The molecule has 2 amide bonds. The monoisotopic (exact) mass is 380 g/mol. The molecule has 0 N–H and O–H groups in total. The summed E-state index contributed by atoms with van der Waals surface area (Å²) >= 11 is 0. The number of para-hydroxylation sites is 1. The van der Waals surface area contributed by atoms with Crippen molar-refractivity contribution in [3.05, 3.63) is 59.7 Å².